The van der Waals surface area contributed by atoms with Gasteiger partial charge in [-0.05, 0) is 31.2 Å². The fourth-order valence-corrected chi connectivity index (χ4v) is 3.21. The Kier molecular flexibility index (Phi) is 5.00. The van der Waals surface area contributed by atoms with Crippen LogP contribution in [0.25, 0.3) is 16.7 Å². The molecule has 3 N–H and O–H groups in total. The normalized spacial score (nSPS) is 10.8. The number of ether oxygens (including phenoxy) is 1. The number of carbonyl (C=O) groups is 2. The predicted octanol–water partition coefficient (Wildman–Crippen LogP) is 2.77. The standard InChI is InChI=1S/C22H18N4O5/c1-12-7-9-13(10-8-12)26-19-15(11-23-26)18(27)17(21(29)25-19)20(28)24-16-6-4-3-5-14(16)22(30)31-2/h3-11H,1-2H3,(H,24,28)(H2,25,27,29). The second kappa shape index (κ2) is 7.79. The number of hydrogen-bond donors (Lipinski definition) is 3. The number of rotatable bonds is 4. The van der Waals surface area contributed by atoms with Gasteiger partial charge in [-0.2, -0.15) is 5.10 Å². The Morgan fingerprint density at radius 2 is 1.84 bits per heavy atom. The van der Waals surface area contributed by atoms with Crippen molar-refractivity contribution in [3.05, 3.63) is 81.8 Å². The van der Waals surface area contributed by atoms with E-state index in [1.807, 2.05) is 31.2 Å². The molecule has 0 bridgehead atoms. The van der Waals surface area contributed by atoms with Crippen LogP contribution in [0.3, 0.4) is 0 Å². The molecule has 0 saturated heterocycles. The molecule has 4 rings (SSSR count). The maximum atomic E-state index is 12.8. The first-order chi connectivity index (χ1) is 14.9. The molecule has 1 amide bonds. The number of nitrogens with zero attached hydrogens (tertiary/aromatic N) is 2. The lowest BCUT2D eigenvalue weighted by molar-refractivity contribution is 0.0602. The van der Waals surface area contributed by atoms with Crippen molar-refractivity contribution < 1.29 is 19.4 Å². The molecule has 0 aliphatic carbocycles. The highest BCUT2D eigenvalue weighted by atomic mass is 16.5. The Balaban J connectivity index is 1.76. The van der Waals surface area contributed by atoms with E-state index in [0.717, 1.165) is 5.56 Å². The minimum absolute atomic E-state index is 0.113. The second-order valence-electron chi connectivity index (χ2n) is 6.82. The van der Waals surface area contributed by atoms with Gasteiger partial charge < -0.3 is 20.1 Å². The largest absolute Gasteiger partial charge is 0.506 e. The summed E-state index contributed by atoms with van der Waals surface area (Å²) >= 11 is 0. The highest BCUT2D eigenvalue weighted by Crippen LogP contribution is 2.27. The van der Waals surface area contributed by atoms with Gasteiger partial charge in [-0.3, -0.25) is 9.59 Å². The summed E-state index contributed by atoms with van der Waals surface area (Å²) in [6.45, 7) is 1.95. The van der Waals surface area contributed by atoms with Gasteiger partial charge in [-0.1, -0.05) is 29.8 Å². The smallest absolute Gasteiger partial charge is 0.339 e. The Labute approximate surface area is 175 Å². The molecule has 0 saturated carbocycles. The molecule has 0 aliphatic rings. The number of fused-ring (bicyclic) bond motifs is 1. The molecule has 156 valence electrons. The van der Waals surface area contributed by atoms with Crippen LogP contribution in [0.15, 0.2) is 59.5 Å². The molecule has 2 aromatic carbocycles. The van der Waals surface area contributed by atoms with Gasteiger partial charge in [-0.25, -0.2) is 9.48 Å². The van der Waals surface area contributed by atoms with Crippen LogP contribution in [-0.4, -0.2) is 38.9 Å². The minimum Gasteiger partial charge on any atom is -0.506 e. The number of benzene rings is 2. The van der Waals surface area contributed by atoms with Gasteiger partial charge in [0, 0.05) is 0 Å². The van der Waals surface area contributed by atoms with Crippen molar-refractivity contribution >= 4 is 28.6 Å². The van der Waals surface area contributed by atoms with Gasteiger partial charge in [0.2, 0.25) is 0 Å². The van der Waals surface area contributed by atoms with E-state index in [4.69, 9.17) is 4.74 Å². The summed E-state index contributed by atoms with van der Waals surface area (Å²) in [7, 11) is 1.22. The van der Waals surface area contributed by atoms with Gasteiger partial charge in [0.1, 0.15) is 17.0 Å². The molecule has 9 heteroatoms. The number of para-hydroxylation sites is 1. The van der Waals surface area contributed by atoms with E-state index in [2.05, 4.69) is 15.4 Å². The average molecular weight is 418 g/mol. The Morgan fingerprint density at radius 3 is 2.55 bits per heavy atom. The number of aromatic amines is 1. The molecule has 0 radical (unpaired) electrons. The zero-order valence-electron chi connectivity index (χ0n) is 16.7. The van der Waals surface area contributed by atoms with Crippen LogP contribution in [-0.2, 0) is 4.74 Å². The number of anilines is 1. The molecule has 4 aromatic rings. The minimum atomic E-state index is -0.875. The summed E-state index contributed by atoms with van der Waals surface area (Å²) in [4.78, 5) is 40.0. The van der Waals surface area contributed by atoms with Crippen LogP contribution in [0.5, 0.6) is 5.75 Å². The number of H-pyrrole nitrogens is 1. The summed E-state index contributed by atoms with van der Waals surface area (Å²) in [5, 5.41) is 17.6. The predicted molar refractivity (Wildman–Crippen MR) is 114 cm³/mol. The van der Waals surface area contributed by atoms with Gasteiger partial charge in [-0.15, -0.1) is 0 Å². The molecule has 0 aliphatic heterocycles. The van der Waals surface area contributed by atoms with Gasteiger partial charge >= 0.3 is 5.97 Å². The first-order valence-corrected chi connectivity index (χ1v) is 9.29. The summed E-state index contributed by atoms with van der Waals surface area (Å²) in [6, 6.07) is 13.6. The number of aryl methyl sites for hydroxylation is 1. The lowest BCUT2D eigenvalue weighted by Gasteiger charge is -2.10. The van der Waals surface area contributed by atoms with Crippen molar-refractivity contribution in [1.29, 1.82) is 0 Å². The van der Waals surface area contributed by atoms with E-state index in [9.17, 15) is 19.5 Å². The van der Waals surface area contributed by atoms with Crippen LogP contribution in [0.1, 0.15) is 26.3 Å². The number of methoxy groups -OCH3 is 1. The fraction of sp³-hybridized carbons (Fsp3) is 0.0909. The number of hydrogen-bond acceptors (Lipinski definition) is 6. The van der Waals surface area contributed by atoms with Crippen molar-refractivity contribution in [2.75, 3.05) is 12.4 Å². The van der Waals surface area contributed by atoms with Crippen LogP contribution in [0.2, 0.25) is 0 Å². The first-order valence-electron chi connectivity index (χ1n) is 9.29. The maximum Gasteiger partial charge on any atom is 0.339 e. The Morgan fingerprint density at radius 1 is 1.13 bits per heavy atom. The number of esters is 1. The van der Waals surface area contributed by atoms with Crippen molar-refractivity contribution in [2.45, 2.75) is 6.92 Å². The molecular formula is C22H18N4O5. The molecule has 0 fully saturated rings. The SMILES string of the molecule is COC(=O)c1ccccc1NC(=O)c1c(O)c2cnn(-c3ccc(C)cc3)c2[nH]c1=O. The summed E-state index contributed by atoms with van der Waals surface area (Å²) < 4.78 is 6.17. The van der Waals surface area contributed by atoms with Gasteiger partial charge in [0.25, 0.3) is 11.5 Å². The quantitative estimate of drug-likeness (QED) is 0.438. The Hall–Kier alpha value is -4.40. The van der Waals surface area contributed by atoms with Gasteiger partial charge in [0.15, 0.2) is 0 Å². The fourth-order valence-electron chi connectivity index (χ4n) is 3.21. The highest BCUT2D eigenvalue weighted by molar-refractivity contribution is 6.11. The molecule has 2 heterocycles. The molecule has 2 aromatic heterocycles. The third kappa shape index (κ3) is 3.52. The molecule has 9 nitrogen and oxygen atoms in total. The van der Waals surface area contributed by atoms with E-state index in [1.54, 1.807) is 12.1 Å². The number of amides is 1. The molecule has 0 unspecified atom stereocenters. The Bertz CT molecular complexity index is 1370. The number of pyridine rings is 1. The number of nitrogens with one attached hydrogen (secondary N) is 2. The van der Waals surface area contributed by atoms with E-state index in [1.165, 1.54) is 30.1 Å². The van der Waals surface area contributed by atoms with Crippen molar-refractivity contribution in [3.8, 4) is 11.4 Å². The second-order valence-corrected chi connectivity index (χ2v) is 6.82. The van der Waals surface area contributed by atoms with Crippen LogP contribution >= 0.6 is 0 Å². The lowest BCUT2D eigenvalue weighted by Crippen LogP contribution is -2.24. The van der Waals surface area contributed by atoms with E-state index < -0.39 is 28.7 Å². The third-order valence-corrected chi connectivity index (χ3v) is 4.81. The average Bonchev–Trinajstić information content (AvgIpc) is 3.18. The lowest BCUT2D eigenvalue weighted by atomic mass is 10.1. The van der Waals surface area contributed by atoms with Crippen molar-refractivity contribution in [3.63, 3.8) is 0 Å². The van der Waals surface area contributed by atoms with Crippen LogP contribution in [0.4, 0.5) is 5.69 Å². The monoisotopic (exact) mass is 418 g/mol. The number of carbonyl (C=O) groups excluding carboxylic acids is 2. The number of aromatic nitrogens is 3. The zero-order valence-corrected chi connectivity index (χ0v) is 16.7. The molecule has 0 spiro atoms. The summed E-state index contributed by atoms with van der Waals surface area (Å²) in [5.74, 6) is -2.03. The summed E-state index contributed by atoms with van der Waals surface area (Å²) in [5.41, 5.74) is 0.958. The topological polar surface area (TPSA) is 126 Å². The molecule has 31 heavy (non-hydrogen) atoms. The first kappa shape index (κ1) is 19.9. The van der Waals surface area contributed by atoms with E-state index in [-0.39, 0.29) is 22.3 Å². The van der Waals surface area contributed by atoms with Crippen molar-refractivity contribution in [1.82, 2.24) is 14.8 Å². The maximum absolute atomic E-state index is 12.8. The molecular weight excluding hydrogens is 400 g/mol. The van der Waals surface area contributed by atoms with Crippen LogP contribution in [0, 0.1) is 6.92 Å². The highest BCUT2D eigenvalue weighted by Gasteiger charge is 2.23. The van der Waals surface area contributed by atoms with E-state index >= 15 is 0 Å². The summed E-state index contributed by atoms with van der Waals surface area (Å²) in [6.07, 6.45) is 1.36. The third-order valence-electron chi connectivity index (χ3n) is 4.81. The van der Waals surface area contributed by atoms with Crippen LogP contribution < -0.4 is 10.9 Å². The molecule has 0 atom stereocenters. The zero-order chi connectivity index (χ0) is 22.1. The van der Waals surface area contributed by atoms with Gasteiger partial charge in [0.05, 0.1) is 35.6 Å². The number of aromatic hydroxyl groups is 1. The van der Waals surface area contributed by atoms with E-state index in [0.29, 0.717) is 5.69 Å². The van der Waals surface area contributed by atoms with Crippen molar-refractivity contribution in [2.24, 2.45) is 0 Å².